The fourth-order valence-corrected chi connectivity index (χ4v) is 4.06. The normalized spacial score (nSPS) is 11.2. The zero-order valence-corrected chi connectivity index (χ0v) is 24.5. The number of aliphatic hydroxyl groups is 1. The lowest BCUT2D eigenvalue weighted by atomic mass is 9.92. The number of rotatable bonds is 8. The molecule has 4 aromatic rings. The summed E-state index contributed by atoms with van der Waals surface area (Å²) in [6, 6.07) is 14.7. The van der Waals surface area contributed by atoms with Crippen molar-refractivity contribution in [2.24, 2.45) is 0 Å². The van der Waals surface area contributed by atoms with E-state index in [1.54, 1.807) is 54.1 Å². The Balaban J connectivity index is 1.52. The van der Waals surface area contributed by atoms with Crippen LogP contribution in [-0.2, 0) is 16.8 Å². The van der Waals surface area contributed by atoms with Crippen molar-refractivity contribution in [1.29, 1.82) is 0 Å². The van der Waals surface area contributed by atoms with Gasteiger partial charge in [-0.1, -0.05) is 63.0 Å². The first-order valence-corrected chi connectivity index (χ1v) is 13.5. The smallest absolute Gasteiger partial charge is 0.324 e. The van der Waals surface area contributed by atoms with Gasteiger partial charge >= 0.3 is 6.03 Å². The average Bonchev–Trinajstić information content (AvgIpc) is 3.37. The van der Waals surface area contributed by atoms with Crippen molar-refractivity contribution in [3.05, 3.63) is 82.1 Å². The van der Waals surface area contributed by atoms with Crippen molar-refractivity contribution in [3.63, 3.8) is 0 Å². The maximum Gasteiger partial charge on any atom is 0.324 e. The molecule has 2 aromatic carbocycles. The maximum atomic E-state index is 13.0. The van der Waals surface area contributed by atoms with Crippen LogP contribution in [0.2, 0.25) is 10.0 Å². The number of benzene rings is 2. The Morgan fingerprint density at radius 2 is 1.71 bits per heavy atom. The minimum Gasteiger partial charge on any atom is -0.456 e. The molecule has 0 unspecified atom stereocenters. The Labute approximate surface area is 247 Å². The summed E-state index contributed by atoms with van der Waals surface area (Å²) >= 11 is 13.0. The van der Waals surface area contributed by atoms with Crippen molar-refractivity contribution >= 4 is 52.5 Å². The molecule has 0 bridgehead atoms. The molecule has 4 rings (SSSR count). The van der Waals surface area contributed by atoms with E-state index in [9.17, 15) is 14.7 Å². The molecule has 0 aliphatic heterocycles. The molecule has 214 valence electrons. The highest BCUT2D eigenvalue weighted by molar-refractivity contribution is 6.45. The van der Waals surface area contributed by atoms with Crippen LogP contribution >= 0.6 is 23.2 Å². The second kappa shape index (κ2) is 12.6. The number of hydrogen-bond acceptors (Lipinski definition) is 6. The molecular formula is C29H30Cl2N6O4. The molecule has 0 atom stereocenters. The summed E-state index contributed by atoms with van der Waals surface area (Å²) in [5, 5.41) is 22.5. The largest absolute Gasteiger partial charge is 0.456 e. The van der Waals surface area contributed by atoms with Crippen molar-refractivity contribution in [2.75, 3.05) is 16.0 Å². The van der Waals surface area contributed by atoms with Crippen LogP contribution in [0.3, 0.4) is 0 Å². The van der Waals surface area contributed by atoms with Gasteiger partial charge in [-0.15, -0.1) is 0 Å². The number of pyridine rings is 1. The molecule has 0 aliphatic rings. The molecule has 10 nitrogen and oxygen atoms in total. The summed E-state index contributed by atoms with van der Waals surface area (Å²) in [4.78, 5) is 28.8. The summed E-state index contributed by atoms with van der Waals surface area (Å²) in [6.07, 6.45) is 1.81. The summed E-state index contributed by atoms with van der Waals surface area (Å²) in [7, 11) is 0. The Hall–Kier alpha value is -4.12. The second-order valence-electron chi connectivity index (χ2n) is 10.1. The SMILES string of the molecule is CCC(=O)Nc1cc(Oc2ccc(NC(=O)Nc3cc(C(C)(C)C)nn3-c3ccc(CO)cc3)c(Cl)c2Cl)ccn1. The van der Waals surface area contributed by atoms with E-state index in [0.29, 0.717) is 29.5 Å². The molecule has 4 N–H and O–H groups in total. The number of hydrogen-bond donors (Lipinski definition) is 4. The average molecular weight is 598 g/mol. The number of halogens is 2. The number of anilines is 3. The lowest BCUT2D eigenvalue weighted by molar-refractivity contribution is -0.115. The number of nitrogens with zero attached hydrogens (tertiary/aromatic N) is 3. The Bertz CT molecular complexity index is 1560. The summed E-state index contributed by atoms with van der Waals surface area (Å²) in [5.74, 6) is 1.24. The van der Waals surface area contributed by atoms with Crippen LogP contribution in [-0.4, -0.2) is 31.8 Å². The van der Waals surface area contributed by atoms with E-state index in [4.69, 9.17) is 33.0 Å². The van der Waals surface area contributed by atoms with Gasteiger partial charge < -0.3 is 20.5 Å². The zero-order valence-electron chi connectivity index (χ0n) is 23.0. The van der Waals surface area contributed by atoms with Gasteiger partial charge in [-0.25, -0.2) is 14.5 Å². The first kappa shape index (κ1) is 29.9. The van der Waals surface area contributed by atoms with E-state index in [1.807, 2.05) is 32.9 Å². The molecule has 2 heterocycles. The van der Waals surface area contributed by atoms with E-state index in [0.717, 1.165) is 11.3 Å². The molecular weight excluding hydrogens is 567 g/mol. The number of urea groups is 1. The molecule has 0 fully saturated rings. The van der Waals surface area contributed by atoms with Gasteiger partial charge in [0.25, 0.3) is 0 Å². The number of nitrogens with one attached hydrogen (secondary N) is 3. The van der Waals surface area contributed by atoms with Crippen LogP contribution in [0.1, 0.15) is 45.4 Å². The van der Waals surface area contributed by atoms with Crippen LogP contribution < -0.4 is 20.7 Å². The topological polar surface area (TPSA) is 130 Å². The molecule has 2 aromatic heterocycles. The van der Waals surface area contributed by atoms with Gasteiger partial charge in [-0.3, -0.25) is 10.1 Å². The maximum absolute atomic E-state index is 13.0. The minimum absolute atomic E-state index is 0.0753. The first-order valence-electron chi connectivity index (χ1n) is 12.8. The summed E-state index contributed by atoms with van der Waals surface area (Å²) in [6.45, 7) is 7.74. The molecule has 0 saturated carbocycles. The standard InChI is InChI=1S/C29H30Cl2N6O4/c1-5-25(39)34-23-14-19(12-13-32-23)41-21-11-10-20(26(30)27(21)31)33-28(40)35-24-15-22(29(2,3)4)36-37(24)18-8-6-17(16-38)7-9-18/h6-15,38H,5,16H2,1-4H3,(H,32,34,39)(H2,33,35,40). The van der Waals surface area contributed by atoms with E-state index < -0.39 is 6.03 Å². The van der Waals surface area contributed by atoms with Crippen LogP contribution in [0.15, 0.2) is 60.8 Å². The van der Waals surface area contributed by atoms with E-state index in [2.05, 4.69) is 20.9 Å². The highest BCUT2D eigenvalue weighted by Crippen LogP contribution is 2.40. The lowest BCUT2D eigenvalue weighted by Crippen LogP contribution is -2.21. The number of amides is 3. The highest BCUT2D eigenvalue weighted by atomic mass is 35.5. The molecule has 0 spiro atoms. The number of carbonyl (C=O) groups is 2. The van der Waals surface area contributed by atoms with Gasteiger partial charge in [0.15, 0.2) is 0 Å². The number of aromatic nitrogens is 3. The number of ether oxygens (including phenoxy) is 1. The third-order valence-corrected chi connectivity index (χ3v) is 6.79. The highest BCUT2D eigenvalue weighted by Gasteiger charge is 2.22. The fraction of sp³-hybridized carbons (Fsp3) is 0.241. The Morgan fingerprint density at radius 1 is 0.976 bits per heavy atom. The van der Waals surface area contributed by atoms with Gasteiger partial charge in [-0.2, -0.15) is 5.10 Å². The van der Waals surface area contributed by atoms with Gasteiger partial charge in [0.05, 0.1) is 28.7 Å². The zero-order chi connectivity index (χ0) is 29.7. The Morgan fingerprint density at radius 3 is 2.37 bits per heavy atom. The first-order chi connectivity index (χ1) is 19.5. The molecule has 0 aliphatic carbocycles. The molecule has 3 amide bonds. The van der Waals surface area contributed by atoms with Crippen molar-refractivity contribution in [2.45, 2.75) is 46.1 Å². The lowest BCUT2D eigenvalue weighted by Gasteiger charge is -2.14. The van der Waals surface area contributed by atoms with Gasteiger partial charge in [0.2, 0.25) is 5.91 Å². The van der Waals surface area contributed by atoms with Crippen LogP contribution in [0, 0.1) is 0 Å². The molecule has 41 heavy (non-hydrogen) atoms. The third-order valence-electron chi connectivity index (χ3n) is 5.93. The van der Waals surface area contributed by atoms with E-state index >= 15 is 0 Å². The predicted molar refractivity (Wildman–Crippen MR) is 161 cm³/mol. The quantitative estimate of drug-likeness (QED) is 0.171. The van der Waals surface area contributed by atoms with Crippen molar-refractivity contribution < 1.29 is 19.4 Å². The predicted octanol–water partition coefficient (Wildman–Crippen LogP) is 7.15. The van der Waals surface area contributed by atoms with Crippen LogP contribution in [0.4, 0.5) is 22.1 Å². The van der Waals surface area contributed by atoms with Gasteiger partial charge in [-0.05, 0) is 35.9 Å². The van der Waals surface area contributed by atoms with Gasteiger partial charge in [0, 0.05) is 30.2 Å². The molecule has 12 heteroatoms. The fourth-order valence-electron chi connectivity index (χ4n) is 3.65. The minimum atomic E-state index is -0.560. The summed E-state index contributed by atoms with van der Waals surface area (Å²) in [5.41, 5.74) is 2.24. The number of carbonyl (C=O) groups excluding carboxylic acids is 2. The van der Waals surface area contributed by atoms with E-state index in [1.165, 1.54) is 6.20 Å². The van der Waals surface area contributed by atoms with Crippen molar-refractivity contribution in [3.8, 4) is 17.2 Å². The molecule has 0 saturated heterocycles. The van der Waals surface area contributed by atoms with E-state index in [-0.39, 0.29) is 39.4 Å². The second-order valence-corrected chi connectivity index (χ2v) is 10.9. The van der Waals surface area contributed by atoms with Crippen molar-refractivity contribution in [1.82, 2.24) is 14.8 Å². The number of aliphatic hydroxyl groups excluding tert-OH is 1. The Kier molecular flexibility index (Phi) is 9.17. The summed E-state index contributed by atoms with van der Waals surface area (Å²) < 4.78 is 7.48. The van der Waals surface area contributed by atoms with Crippen LogP contribution in [0.25, 0.3) is 5.69 Å². The van der Waals surface area contributed by atoms with Crippen LogP contribution in [0.5, 0.6) is 11.5 Å². The molecule has 0 radical (unpaired) electrons. The monoisotopic (exact) mass is 596 g/mol. The van der Waals surface area contributed by atoms with Gasteiger partial charge in [0.1, 0.15) is 28.2 Å². The third kappa shape index (κ3) is 7.35.